The van der Waals surface area contributed by atoms with Gasteiger partial charge in [-0.15, -0.1) is 0 Å². The number of benzene rings is 1. The number of carbonyl (C=O) groups excluding carboxylic acids is 1. The minimum Gasteiger partial charge on any atom is -0.303 e. The van der Waals surface area contributed by atoms with Gasteiger partial charge in [-0.2, -0.15) is 0 Å². The average molecular weight is 178 g/mol. The minimum absolute atomic E-state index is 0.255. The van der Waals surface area contributed by atoms with Crippen molar-refractivity contribution in [2.24, 2.45) is 5.92 Å². The molecule has 72 valence electrons. The lowest BCUT2D eigenvalue weighted by atomic mass is 10.2. The number of rotatable bonds is 2. The zero-order chi connectivity index (χ0) is 10.1. The molecule has 0 aliphatic carbocycles. The first-order chi connectivity index (χ1) is 6.20. The van der Waals surface area contributed by atoms with Crippen molar-refractivity contribution in [2.45, 2.75) is 27.2 Å². The van der Waals surface area contributed by atoms with Gasteiger partial charge in [0.1, 0.15) is 6.29 Å². The highest BCUT2D eigenvalue weighted by molar-refractivity contribution is 5.52. The molecule has 0 saturated heterocycles. The van der Waals surface area contributed by atoms with E-state index in [9.17, 15) is 4.79 Å². The molecule has 0 spiro atoms. The van der Waals surface area contributed by atoms with E-state index < -0.39 is 0 Å². The van der Waals surface area contributed by atoms with Crippen molar-refractivity contribution in [2.75, 3.05) is 0 Å². The van der Waals surface area contributed by atoms with Crippen molar-refractivity contribution >= 4 is 6.29 Å². The molecule has 0 aromatic heterocycles. The lowest BCUT2D eigenvalue weighted by molar-refractivity contribution is -0.110. The first-order valence-corrected chi connectivity index (χ1v) is 4.67. The molecule has 1 nitrogen and oxygen atoms in total. The molecule has 0 heterocycles. The van der Waals surface area contributed by atoms with Crippen molar-refractivity contribution in [3.8, 4) is 0 Å². The lowest BCUT2D eigenvalue weighted by Crippen LogP contribution is -1.89. The number of aldehydes is 1. The molecule has 0 saturated carbocycles. The van der Waals surface area contributed by atoms with Crippen molar-refractivity contribution in [3.05, 3.63) is 35.9 Å². The Labute approximate surface area is 80.8 Å². The van der Waals surface area contributed by atoms with Gasteiger partial charge in [0.25, 0.3) is 0 Å². The quantitative estimate of drug-likeness (QED) is 0.635. The summed E-state index contributed by atoms with van der Waals surface area (Å²) < 4.78 is 0. The van der Waals surface area contributed by atoms with Gasteiger partial charge in [-0.25, -0.2) is 0 Å². The average Bonchev–Trinajstić information content (AvgIpc) is 2.19. The van der Waals surface area contributed by atoms with Crippen molar-refractivity contribution < 1.29 is 4.79 Å². The van der Waals surface area contributed by atoms with E-state index in [-0.39, 0.29) is 5.92 Å². The zero-order valence-electron chi connectivity index (χ0n) is 8.66. The summed E-state index contributed by atoms with van der Waals surface area (Å²) >= 11 is 0. The summed E-state index contributed by atoms with van der Waals surface area (Å²) in [6.07, 6.45) is 1.93. The second-order valence-corrected chi connectivity index (χ2v) is 3.18. The predicted molar refractivity (Wildman–Crippen MR) is 56.7 cm³/mol. The molecule has 1 rings (SSSR count). The van der Waals surface area contributed by atoms with Crippen LogP contribution in [0, 0.1) is 12.8 Å². The van der Waals surface area contributed by atoms with Crippen molar-refractivity contribution in [1.29, 1.82) is 0 Å². The van der Waals surface area contributed by atoms with Crippen LogP contribution in [0.3, 0.4) is 0 Å². The summed E-state index contributed by atoms with van der Waals surface area (Å²) in [5.41, 5.74) is 1.32. The Morgan fingerprint density at radius 2 is 1.85 bits per heavy atom. The first kappa shape index (κ1) is 11.9. The normalized spacial score (nSPS) is 11.0. The number of hydrogen-bond acceptors (Lipinski definition) is 1. The van der Waals surface area contributed by atoms with E-state index in [2.05, 4.69) is 19.1 Å². The first-order valence-electron chi connectivity index (χ1n) is 4.67. The third kappa shape index (κ3) is 7.26. The van der Waals surface area contributed by atoms with Crippen LogP contribution in [-0.4, -0.2) is 6.29 Å². The van der Waals surface area contributed by atoms with Crippen LogP contribution in [0.15, 0.2) is 30.3 Å². The van der Waals surface area contributed by atoms with Crippen LogP contribution in [0.25, 0.3) is 0 Å². The third-order valence-electron chi connectivity index (χ3n) is 1.82. The Balaban J connectivity index is 0.000000226. The standard InChI is InChI=1S/C7H8.C5H10O/c1-7-5-3-2-4-6-7;1-3-5(2)4-6/h2-6H,1H3;4-5H,3H2,1-2H3. The predicted octanol–water partition coefficient (Wildman–Crippen LogP) is 3.23. The van der Waals surface area contributed by atoms with Gasteiger partial charge in [-0.05, 0) is 13.3 Å². The smallest absolute Gasteiger partial charge is 0.122 e. The van der Waals surface area contributed by atoms with Gasteiger partial charge in [0.15, 0.2) is 0 Å². The Hall–Kier alpha value is -1.11. The van der Waals surface area contributed by atoms with Crippen LogP contribution < -0.4 is 0 Å². The highest BCUT2D eigenvalue weighted by atomic mass is 16.1. The molecule has 0 aliphatic heterocycles. The molecule has 0 aliphatic rings. The molecular weight excluding hydrogens is 160 g/mol. The Morgan fingerprint density at radius 1 is 1.31 bits per heavy atom. The summed E-state index contributed by atoms with van der Waals surface area (Å²) in [6.45, 7) is 5.99. The fourth-order valence-electron chi connectivity index (χ4n) is 0.631. The van der Waals surface area contributed by atoms with E-state index in [1.165, 1.54) is 5.56 Å². The molecule has 0 fully saturated rings. The van der Waals surface area contributed by atoms with Crippen LogP contribution in [0.4, 0.5) is 0 Å². The summed E-state index contributed by atoms with van der Waals surface area (Å²) in [5.74, 6) is 0.255. The second-order valence-electron chi connectivity index (χ2n) is 3.18. The fourth-order valence-corrected chi connectivity index (χ4v) is 0.631. The van der Waals surface area contributed by atoms with E-state index in [1.54, 1.807) is 0 Å². The molecule has 0 radical (unpaired) electrons. The highest BCUT2D eigenvalue weighted by Gasteiger charge is 1.89. The van der Waals surface area contributed by atoms with Crippen LogP contribution >= 0.6 is 0 Å². The van der Waals surface area contributed by atoms with Gasteiger partial charge < -0.3 is 4.79 Å². The van der Waals surface area contributed by atoms with Crippen molar-refractivity contribution in [3.63, 3.8) is 0 Å². The number of aryl methyl sites for hydroxylation is 1. The maximum atomic E-state index is 9.74. The van der Waals surface area contributed by atoms with Gasteiger partial charge in [0.05, 0.1) is 0 Å². The molecule has 1 heteroatoms. The Bertz CT molecular complexity index is 216. The van der Waals surface area contributed by atoms with E-state index in [0.717, 1.165) is 12.7 Å². The molecule has 0 amide bonds. The maximum absolute atomic E-state index is 9.74. The molecule has 1 aromatic rings. The fraction of sp³-hybridized carbons (Fsp3) is 0.417. The van der Waals surface area contributed by atoms with Gasteiger partial charge in [0.2, 0.25) is 0 Å². The molecule has 1 atom stereocenters. The maximum Gasteiger partial charge on any atom is 0.122 e. The zero-order valence-corrected chi connectivity index (χ0v) is 8.66. The largest absolute Gasteiger partial charge is 0.303 e. The van der Waals surface area contributed by atoms with Gasteiger partial charge in [0, 0.05) is 5.92 Å². The van der Waals surface area contributed by atoms with E-state index in [0.29, 0.717) is 0 Å². The topological polar surface area (TPSA) is 17.1 Å². The Kier molecular flexibility index (Phi) is 6.89. The summed E-state index contributed by atoms with van der Waals surface area (Å²) in [6, 6.07) is 10.3. The van der Waals surface area contributed by atoms with Crippen LogP contribution in [0.2, 0.25) is 0 Å². The highest BCUT2D eigenvalue weighted by Crippen LogP contribution is 1.92. The lowest BCUT2D eigenvalue weighted by Gasteiger charge is -1.89. The minimum atomic E-state index is 0.255. The molecular formula is C12H18O. The SMILES string of the molecule is CCC(C)C=O.Cc1ccccc1. The monoisotopic (exact) mass is 178 g/mol. The molecule has 0 bridgehead atoms. The number of hydrogen-bond donors (Lipinski definition) is 0. The van der Waals surface area contributed by atoms with Gasteiger partial charge in [-0.1, -0.05) is 49.7 Å². The van der Waals surface area contributed by atoms with E-state index in [1.807, 2.05) is 32.0 Å². The molecule has 0 N–H and O–H groups in total. The van der Waals surface area contributed by atoms with Crippen molar-refractivity contribution in [1.82, 2.24) is 0 Å². The molecule has 1 aromatic carbocycles. The molecule has 13 heavy (non-hydrogen) atoms. The van der Waals surface area contributed by atoms with Crippen LogP contribution in [0.5, 0.6) is 0 Å². The van der Waals surface area contributed by atoms with Crippen LogP contribution in [-0.2, 0) is 4.79 Å². The van der Waals surface area contributed by atoms with E-state index in [4.69, 9.17) is 0 Å². The van der Waals surface area contributed by atoms with E-state index >= 15 is 0 Å². The van der Waals surface area contributed by atoms with Gasteiger partial charge >= 0.3 is 0 Å². The third-order valence-corrected chi connectivity index (χ3v) is 1.82. The Morgan fingerprint density at radius 3 is 2.00 bits per heavy atom. The summed E-state index contributed by atoms with van der Waals surface area (Å²) in [7, 11) is 0. The van der Waals surface area contributed by atoms with Gasteiger partial charge in [-0.3, -0.25) is 0 Å². The number of carbonyl (C=O) groups is 1. The van der Waals surface area contributed by atoms with Crippen LogP contribution in [0.1, 0.15) is 25.8 Å². The molecule has 1 unspecified atom stereocenters. The summed E-state index contributed by atoms with van der Waals surface area (Å²) in [4.78, 5) is 9.74. The summed E-state index contributed by atoms with van der Waals surface area (Å²) in [5, 5.41) is 0. The second kappa shape index (κ2) is 7.53.